The van der Waals surface area contributed by atoms with E-state index in [1.807, 2.05) is 24.3 Å². The van der Waals surface area contributed by atoms with E-state index >= 15 is 0 Å². The minimum atomic E-state index is -0.537. The molecule has 16 heavy (non-hydrogen) atoms. The number of hydrogen-bond donors (Lipinski definition) is 1. The smallest absolute Gasteiger partial charge is 0.204 e. The molecular weight excluding hydrogens is 206 g/mol. The third-order valence-electron chi connectivity index (χ3n) is 3.29. The molecule has 86 valence electrons. The number of aliphatic hydroxyl groups is 1. The molecule has 1 N–H and O–H groups in total. The molecule has 0 radical (unpaired) electrons. The predicted octanol–water partition coefficient (Wildman–Crippen LogP) is 1.95. The molecule has 2 rings (SSSR count). The fraction of sp³-hybridized carbons (Fsp3) is 0.500. The second-order valence-electron chi connectivity index (χ2n) is 4.29. The van der Waals surface area contributed by atoms with Gasteiger partial charge in [0.25, 0.3) is 0 Å². The first-order valence-electron chi connectivity index (χ1n) is 5.56. The highest BCUT2D eigenvalue weighted by atomic mass is 16.6. The van der Waals surface area contributed by atoms with E-state index in [0.29, 0.717) is 6.42 Å². The molecule has 4 heteroatoms. The molecule has 4 nitrogen and oxygen atoms in total. The largest absolute Gasteiger partial charge is 0.388 e. The van der Waals surface area contributed by atoms with Crippen molar-refractivity contribution in [1.82, 2.24) is 0 Å². The van der Waals surface area contributed by atoms with Crippen LogP contribution in [0, 0.1) is 16.0 Å². The van der Waals surface area contributed by atoms with Crippen LogP contribution in [0.1, 0.15) is 30.1 Å². The maximum absolute atomic E-state index is 10.3. The third-order valence-corrected chi connectivity index (χ3v) is 3.29. The molecule has 0 aromatic heterocycles. The van der Waals surface area contributed by atoms with Gasteiger partial charge in [-0.2, -0.15) is 0 Å². The Morgan fingerprint density at radius 1 is 1.44 bits per heavy atom. The van der Waals surface area contributed by atoms with Gasteiger partial charge in [0.15, 0.2) is 0 Å². The Kier molecular flexibility index (Phi) is 3.19. The van der Waals surface area contributed by atoms with Gasteiger partial charge in [0, 0.05) is 11.3 Å². The summed E-state index contributed by atoms with van der Waals surface area (Å²) in [5, 5.41) is 20.4. The molecule has 0 bridgehead atoms. The lowest BCUT2D eigenvalue weighted by atomic mass is 9.80. The van der Waals surface area contributed by atoms with Crippen LogP contribution in [0.2, 0.25) is 0 Å². The molecule has 2 atom stereocenters. The Morgan fingerprint density at radius 3 is 2.94 bits per heavy atom. The number of nitrogens with zero attached hydrogens (tertiary/aromatic N) is 1. The van der Waals surface area contributed by atoms with Crippen molar-refractivity contribution in [3.63, 3.8) is 0 Å². The van der Waals surface area contributed by atoms with Crippen LogP contribution in [-0.2, 0) is 6.42 Å². The van der Waals surface area contributed by atoms with Crippen molar-refractivity contribution in [2.45, 2.75) is 25.4 Å². The molecule has 1 aliphatic rings. The number of benzene rings is 1. The average molecular weight is 221 g/mol. The average Bonchev–Trinajstić information content (AvgIpc) is 2.28. The minimum Gasteiger partial charge on any atom is -0.388 e. The van der Waals surface area contributed by atoms with Gasteiger partial charge in [0.1, 0.15) is 0 Å². The molecule has 1 aromatic carbocycles. The standard InChI is InChI=1S/C12H15NO3/c14-12-10(7-8-13(15)16)6-5-9-3-1-2-4-11(9)12/h1-4,10,12,14H,5-8H2. The summed E-state index contributed by atoms with van der Waals surface area (Å²) in [6.07, 6.45) is 1.68. The summed E-state index contributed by atoms with van der Waals surface area (Å²) in [7, 11) is 0. The van der Waals surface area contributed by atoms with Crippen molar-refractivity contribution in [2.75, 3.05) is 6.54 Å². The first kappa shape index (κ1) is 11.1. The second kappa shape index (κ2) is 4.61. The highest BCUT2D eigenvalue weighted by molar-refractivity contribution is 5.31. The van der Waals surface area contributed by atoms with Gasteiger partial charge in [-0.05, 0) is 29.9 Å². The SMILES string of the molecule is O=[N+]([O-])CCC1CCc2ccccc2C1O. The van der Waals surface area contributed by atoms with E-state index in [2.05, 4.69) is 0 Å². The molecule has 0 fully saturated rings. The highest BCUT2D eigenvalue weighted by Gasteiger charge is 2.28. The quantitative estimate of drug-likeness (QED) is 0.626. The normalized spacial score (nSPS) is 23.8. The van der Waals surface area contributed by atoms with Crippen molar-refractivity contribution >= 4 is 0 Å². The highest BCUT2D eigenvalue weighted by Crippen LogP contribution is 2.35. The Balaban J connectivity index is 2.09. The maximum atomic E-state index is 10.3. The van der Waals surface area contributed by atoms with E-state index in [1.54, 1.807) is 0 Å². The van der Waals surface area contributed by atoms with Crippen molar-refractivity contribution in [3.8, 4) is 0 Å². The van der Waals surface area contributed by atoms with Gasteiger partial charge in [-0.1, -0.05) is 24.3 Å². The van der Waals surface area contributed by atoms with E-state index in [4.69, 9.17) is 0 Å². The first-order chi connectivity index (χ1) is 7.68. The zero-order valence-electron chi connectivity index (χ0n) is 9.00. The molecule has 0 aliphatic heterocycles. The molecule has 0 spiro atoms. The van der Waals surface area contributed by atoms with Crippen LogP contribution in [-0.4, -0.2) is 16.6 Å². The van der Waals surface area contributed by atoms with Crippen LogP contribution < -0.4 is 0 Å². The Labute approximate surface area is 94.1 Å². The Bertz CT molecular complexity index is 392. The second-order valence-corrected chi connectivity index (χ2v) is 4.29. The van der Waals surface area contributed by atoms with Gasteiger partial charge in [0.05, 0.1) is 6.10 Å². The van der Waals surface area contributed by atoms with Gasteiger partial charge in [0.2, 0.25) is 6.54 Å². The lowest BCUT2D eigenvalue weighted by molar-refractivity contribution is -0.482. The zero-order valence-corrected chi connectivity index (χ0v) is 9.00. The van der Waals surface area contributed by atoms with Gasteiger partial charge in [-0.25, -0.2) is 0 Å². The molecule has 1 aromatic rings. The van der Waals surface area contributed by atoms with Crippen LogP contribution in [0.3, 0.4) is 0 Å². The lowest BCUT2D eigenvalue weighted by Gasteiger charge is -2.29. The van der Waals surface area contributed by atoms with Crippen LogP contribution in [0.4, 0.5) is 0 Å². The van der Waals surface area contributed by atoms with E-state index < -0.39 is 6.10 Å². The van der Waals surface area contributed by atoms with E-state index in [0.717, 1.165) is 18.4 Å². The van der Waals surface area contributed by atoms with Gasteiger partial charge >= 0.3 is 0 Å². The summed E-state index contributed by atoms with van der Waals surface area (Å²) >= 11 is 0. The van der Waals surface area contributed by atoms with Crippen LogP contribution in [0.25, 0.3) is 0 Å². The Morgan fingerprint density at radius 2 is 2.19 bits per heavy atom. The summed E-state index contributed by atoms with van der Waals surface area (Å²) in [5.41, 5.74) is 2.12. The minimum absolute atomic E-state index is 0.0281. The van der Waals surface area contributed by atoms with Crippen molar-refractivity contribution in [2.24, 2.45) is 5.92 Å². The summed E-state index contributed by atoms with van der Waals surface area (Å²) in [4.78, 5) is 10.0. The first-order valence-corrected chi connectivity index (χ1v) is 5.56. The molecular formula is C12H15NO3. The maximum Gasteiger partial charge on any atom is 0.204 e. The van der Waals surface area contributed by atoms with Gasteiger partial charge in [-0.15, -0.1) is 0 Å². The molecule has 2 unspecified atom stereocenters. The van der Waals surface area contributed by atoms with Crippen LogP contribution in [0.5, 0.6) is 0 Å². The fourth-order valence-corrected chi connectivity index (χ4v) is 2.38. The van der Waals surface area contributed by atoms with Crippen molar-refractivity contribution in [3.05, 3.63) is 45.5 Å². The summed E-state index contributed by atoms with van der Waals surface area (Å²) in [6, 6.07) is 7.79. The third kappa shape index (κ3) is 2.22. The van der Waals surface area contributed by atoms with Crippen molar-refractivity contribution < 1.29 is 10.0 Å². The number of hydrogen-bond acceptors (Lipinski definition) is 3. The molecule has 1 aliphatic carbocycles. The molecule has 0 amide bonds. The van der Waals surface area contributed by atoms with Crippen LogP contribution >= 0.6 is 0 Å². The fourth-order valence-electron chi connectivity index (χ4n) is 2.38. The zero-order chi connectivity index (χ0) is 11.5. The number of rotatable bonds is 3. The molecule has 0 heterocycles. The number of aliphatic hydroxyl groups excluding tert-OH is 1. The monoisotopic (exact) mass is 221 g/mol. The molecule has 0 saturated carbocycles. The topological polar surface area (TPSA) is 63.4 Å². The lowest BCUT2D eigenvalue weighted by Crippen LogP contribution is -2.22. The van der Waals surface area contributed by atoms with Crippen molar-refractivity contribution in [1.29, 1.82) is 0 Å². The number of nitro groups is 1. The van der Waals surface area contributed by atoms with E-state index in [-0.39, 0.29) is 17.4 Å². The predicted molar refractivity (Wildman–Crippen MR) is 59.7 cm³/mol. The summed E-state index contributed by atoms with van der Waals surface area (Å²) < 4.78 is 0. The van der Waals surface area contributed by atoms with E-state index in [9.17, 15) is 15.2 Å². The van der Waals surface area contributed by atoms with Crippen LogP contribution in [0.15, 0.2) is 24.3 Å². The summed E-state index contributed by atoms with van der Waals surface area (Å²) in [5.74, 6) is 0.0281. The van der Waals surface area contributed by atoms with Gasteiger partial charge in [-0.3, -0.25) is 10.1 Å². The summed E-state index contributed by atoms with van der Waals surface area (Å²) in [6.45, 7) is -0.0517. The van der Waals surface area contributed by atoms with E-state index in [1.165, 1.54) is 5.56 Å². The number of aryl methyl sites for hydroxylation is 1. The van der Waals surface area contributed by atoms with Gasteiger partial charge < -0.3 is 5.11 Å². The Hall–Kier alpha value is -1.42. The number of fused-ring (bicyclic) bond motifs is 1. The molecule has 0 saturated heterocycles.